The number of nitrogens with zero attached hydrogens (tertiary/aromatic N) is 4. The van der Waals surface area contributed by atoms with E-state index in [9.17, 15) is 9.59 Å². The lowest BCUT2D eigenvalue weighted by atomic mass is 10.1. The van der Waals surface area contributed by atoms with Crippen LogP contribution in [-0.2, 0) is 13.0 Å². The average molecular weight is 391 g/mol. The van der Waals surface area contributed by atoms with Gasteiger partial charge in [0.05, 0.1) is 7.11 Å². The highest BCUT2D eigenvalue weighted by Gasteiger charge is 2.27. The maximum atomic E-state index is 12.8. The molecule has 4 rings (SSSR count). The Morgan fingerprint density at radius 3 is 2.55 bits per heavy atom. The summed E-state index contributed by atoms with van der Waals surface area (Å²) < 4.78 is 6.67. The number of amides is 1. The Bertz CT molecular complexity index is 1060. The van der Waals surface area contributed by atoms with Crippen molar-refractivity contribution in [2.45, 2.75) is 13.0 Å². The lowest BCUT2D eigenvalue weighted by Crippen LogP contribution is -2.35. The quantitative estimate of drug-likeness (QED) is 0.689. The highest BCUT2D eigenvalue weighted by atomic mass is 16.5. The standard InChI is InChI=1S/C21H21N5O3/c1-29-17-9-7-16(8-10-17)25-13-14-26-20(28)18(23-24-21(25)26)19(27)22-12-11-15-5-3-2-4-6-15/h2-10H,11-14H2,1H3,(H,22,27). The summed E-state index contributed by atoms with van der Waals surface area (Å²) in [6, 6.07) is 17.3. The minimum absolute atomic E-state index is 0.182. The molecule has 3 aromatic rings. The number of carbonyl (C=O) groups is 1. The molecular weight excluding hydrogens is 370 g/mol. The summed E-state index contributed by atoms with van der Waals surface area (Å²) in [6.07, 6.45) is 0.678. The molecule has 0 saturated heterocycles. The van der Waals surface area contributed by atoms with E-state index in [-0.39, 0.29) is 5.69 Å². The fraction of sp³-hybridized carbons (Fsp3) is 0.238. The normalized spacial score (nSPS) is 12.5. The van der Waals surface area contributed by atoms with Crippen LogP contribution in [0.15, 0.2) is 59.4 Å². The highest BCUT2D eigenvalue weighted by molar-refractivity contribution is 5.91. The average Bonchev–Trinajstić information content (AvgIpc) is 3.20. The minimum Gasteiger partial charge on any atom is -0.497 e. The zero-order valence-electron chi connectivity index (χ0n) is 16.0. The Morgan fingerprint density at radius 1 is 1.07 bits per heavy atom. The van der Waals surface area contributed by atoms with Gasteiger partial charge in [-0.1, -0.05) is 30.3 Å². The molecule has 1 aliphatic heterocycles. The lowest BCUT2D eigenvalue weighted by Gasteiger charge is -2.17. The second-order valence-electron chi connectivity index (χ2n) is 6.65. The van der Waals surface area contributed by atoms with Gasteiger partial charge in [-0.2, -0.15) is 0 Å². The topological polar surface area (TPSA) is 89.3 Å². The number of aromatic nitrogens is 3. The van der Waals surface area contributed by atoms with Crippen molar-refractivity contribution >= 4 is 17.5 Å². The predicted molar refractivity (Wildman–Crippen MR) is 109 cm³/mol. The fourth-order valence-corrected chi connectivity index (χ4v) is 3.31. The smallest absolute Gasteiger partial charge is 0.286 e. The molecule has 0 unspecified atom stereocenters. The molecule has 0 aliphatic carbocycles. The van der Waals surface area contributed by atoms with E-state index < -0.39 is 11.5 Å². The molecule has 8 heteroatoms. The van der Waals surface area contributed by atoms with Crippen molar-refractivity contribution in [3.63, 3.8) is 0 Å². The number of benzene rings is 2. The van der Waals surface area contributed by atoms with Crippen molar-refractivity contribution in [2.24, 2.45) is 0 Å². The van der Waals surface area contributed by atoms with E-state index in [2.05, 4.69) is 15.5 Å². The Hall–Kier alpha value is -3.68. The van der Waals surface area contributed by atoms with Gasteiger partial charge in [-0.3, -0.25) is 14.2 Å². The first-order valence-corrected chi connectivity index (χ1v) is 9.38. The number of nitrogens with one attached hydrogen (secondary N) is 1. The van der Waals surface area contributed by atoms with Crippen LogP contribution in [0, 0.1) is 0 Å². The van der Waals surface area contributed by atoms with Crippen LogP contribution in [0.5, 0.6) is 5.75 Å². The zero-order valence-corrected chi connectivity index (χ0v) is 16.0. The molecule has 2 aromatic carbocycles. The van der Waals surface area contributed by atoms with Crippen LogP contribution in [0.1, 0.15) is 16.1 Å². The van der Waals surface area contributed by atoms with Gasteiger partial charge in [0, 0.05) is 25.3 Å². The third-order valence-corrected chi connectivity index (χ3v) is 4.86. The van der Waals surface area contributed by atoms with Gasteiger partial charge in [-0.15, -0.1) is 10.2 Å². The Balaban J connectivity index is 1.48. The van der Waals surface area contributed by atoms with E-state index in [1.54, 1.807) is 7.11 Å². The molecule has 148 valence electrons. The van der Waals surface area contributed by atoms with Gasteiger partial charge >= 0.3 is 0 Å². The molecule has 0 fully saturated rings. The van der Waals surface area contributed by atoms with Crippen molar-refractivity contribution in [1.82, 2.24) is 20.1 Å². The van der Waals surface area contributed by atoms with Gasteiger partial charge in [0.25, 0.3) is 11.5 Å². The first-order chi connectivity index (χ1) is 14.2. The van der Waals surface area contributed by atoms with Crippen LogP contribution in [0.3, 0.4) is 0 Å². The molecule has 0 radical (unpaired) electrons. The van der Waals surface area contributed by atoms with Crippen LogP contribution in [0.4, 0.5) is 11.6 Å². The third-order valence-electron chi connectivity index (χ3n) is 4.86. The van der Waals surface area contributed by atoms with Crippen LogP contribution < -0.4 is 20.5 Å². The summed E-state index contributed by atoms with van der Waals surface area (Å²) in [5.41, 5.74) is 1.38. The molecule has 0 saturated carbocycles. The molecule has 0 spiro atoms. The number of ether oxygens (including phenoxy) is 1. The van der Waals surface area contributed by atoms with Crippen molar-refractivity contribution in [3.05, 3.63) is 76.2 Å². The first-order valence-electron chi connectivity index (χ1n) is 9.38. The van der Waals surface area contributed by atoms with Crippen molar-refractivity contribution in [1.29, 1.82) is 0 Å². The van der Waals surface area contributed by atoms with Gasteiger partial charge in [-0.25, -0.2) is 0 Å². The van der Waals surface area contributed by atoms with Gasteiger partial charge in [0.2, 0.25) is 11.6 Å². The lowest BCUT2D eigenvalue weighted by molar-refractivity contribution is 0.0945. The molecule has 1 N–H and O–H groups in total. The van der Waals surface area contributed by atoms with E-state index in [0.29, 0.717) is 32.0 Å². The first kappa shape index (κ1) is 18.7. The molecule has 1 aliphatic rings. The van der Waals surface area contributed by atoms with Crippen LogP contribution in [0.25, 0.3) is 0 Å². The summed E-state index contributed by atoms with van der Waals surface area (Å²) in [7, 11) is 1.61. The highest BCUT2D eigenvalue weighted by Crippen LogP contribution is 2.28. The van der Waals surface area contributed by atoms with Crippen LogP contribution >= 0.6 is 0 Å². The third kappa shape index (κ3) is 3.82. The number of hydrogen-bond acceptors (Lipinski definition) is 6. The van der Waals surface area contributed by atoms with Gasteiger partial charge in [0.15, 0.2) is 0 Å². The molecular formula is C21H21N5O3. The molecule has 29 heavy (non-hydrogen) atoms. The van der Waals surface area contributed by atoms with Gasteiger partial charge in [0.1, 0.15) is 5.75 Å². The number of anilines is 2. The number of rotatable bonds is 6. The summed E-state index contributed by atoms with van der Waals surface area (Å²) in [6.45, 7) is 1.44. The van der Waals surface area contributed by atoms with E-state index in [0.717, 1.165) is 17.0 Å². The van der Waals surface area contributed by atoms with E-state index in [1.807, 2.05) is 59.5 Å². The number of carbonyl (C=O) groups excluding carboxylic acids is 1. The zero-order chi connectivity index (χ0) is 20.2. The monoisotopic (exact) mass is 391 g/mol. The van der Waals surface area contributed by atoms with E-state index in [4.69, 9.17) is 4.74 Å². The summed E-state index contributed by atoms with van der Waals surface area (Å²) in [5, 5.41) is 10.8. The second kappa shape index (κ2) is 8.14. The second-order valence-corrected chi connectivity index (χ2v) is 6.65. The molecule has 0 bridgehead atoms. The van der Waals surface area contributed by atoms with Gasteiger partial charge in [-0.05, 0) is 36.2 Å². The molecule has 1 aromatic heterocycles. The summed E-state index contributed by atoms with van der Waals surface area (Å²) in [5.74, 6) is 0.677. The maximum Gasteiger partial charge on any atom is 0.286 e. The Labute approximate surface area is 167 Å². The van der Waals surface area contributed by atoms with Crippen molar-refractivity contribution in [3.8, 4) is 5.75 Å². The Kier molecular flexibility index (Phi) is 5.24. The largest absolute Gasteiger partial charge is 0.497 e. The van der Waals surface area contributed by atoms with E-state index in [1.165, 1.54) is 4.57 Å². The number of hydrogen-bond donors (Lipinski definition) is 1. The molecule has 0 atom stereocenters. The van der Waals surface area contributed by atoms with Gasteiger partial charge < -0.3 is 15.0 Å². The summed E-state index contributed by atoms with van der Waals surface area (Å²) in [4.78, 5) is 27.1. The molecule has 1 amide bonds. The number of methoxy groups -OCH3 is 1. The van der Waals surface area contributed by atoms with Crippen molar-refractivity contribution in [2.75, 3.05) is 25.1 Å². The van der Waals surface area contributed by atoms with E-state index >= 15 is 0 Å². The fourth-order valence-electron chi connectivity index (χ4n) is 3.31. The molecule has 2 heterocycles. The minimum atomic E-state index is -0.503. The van der Waals surface area contributed by atoms with Crippen molar-refractivity contribution < 1.29 is 9.53 Å². The summed E-state index contributed by atoms with van der Waals surface area (Å²) >= 11 is 0. The number of fused-ring (bicyclic) bond motifs is 1. The maximum absolute atomic E-state index is 12.8. The predicted octanol–water partition coefficient (Wildman–Crippen LogP) is 1.77. The molecule has 8 nitrogen and oxygen atoms in total. The van der Waals surface area contributed by atoms with Crippen LogP contribution in [-0.4, -0.2) is 40.9 Å². The van der Waals surface area contributed by atoms with Crippen LogP contribution in [0.2, 0.25) is 0 Å². The Morgan fingerprint density at radius 2 is 1.83 bits per heavy atom. The SMILES string of the molecule is COc1ccc(N2CCn3c2nnc(C(=O)NCCc2ccccc2)c3=O)cc1.